The number of nitrogens with one attached hydrogen (secondary N) is 2. The van der Waals surface area contributed by atoms with Crippen molar-refractivity contribution in [1.82, 2.24) is 49.7 Å². The number of fused-ring (bicyclic) bond motifs is 2. The molecule has 0 unspecified atom stereocenters. The summed E-state index contributed by atoms with van der Waals surface area (Å²) in [5, 5.41) is 6.02. The topological polar surface area (TPSA) is 180 Å². The Balaban J connectivity index is 0.000000152. The molecule has 14 nitrogen and oxygen atoms in total. The Hall–Kier alpha value is -6.77. The molecule has 8 heterocycles. The predicted molar refractivity (Wildman–Crippen MR) is 170 cm³/mol. The van der Waals surface area contributed by atoms with E-state index >= 15 is 0 Å². The first kappa shape index (κ1) is 29.9. The second-order valence-corrected chi connectivity index (χ2v) is 10.5. The van der Waals surface area contributed by atoms with E-state index in [9.17, 15) is 23.6 Å². The van der Waals surface area contributed by atoms with Crippen LogP contribution in [0.3, 0.4) is 0 Å². The monoisotopic (exact) mass is 642 g/mol. The minimum absolute atomic E-state index is 0.120. The number of aryl methyl sites for hydroxylation is 1. The number of halogens is 1. The number of rotatable bonds is 6. The maximum absolute atomic E-state index is 13.3. The Kier molecular flexibility index (Phi) is 7.60. The largest absolute Gasteiger partial charge is 0.332 e. The summed E-state index contributed by atoms with van der Waals surface area (Å²) in [4.78, 5) is 74.0. The normalized spacial score (nSPS) is 14.5. The van der Waals surface area contributed by atoms with Crippen LogP contribution in [0.1, 0.15) is 29.4 Å². The first-order valence-electron chi connectivity index (χ1n) is 14.6. The molecule has 4 amide bonds. The zero-order valence-electron chi connectivity index (χ0n) is 25.1. The quantitative estimate of drug-likeness (QED) is 0.257. The fourth-order valence-corrected chi connectivity index (χ4v) is 5.75. The Morgan fingerprint density at radius 3 is 1.50 bits per heavy atom. The van der Waals surface area contributed by atoms with E-state index in [0.717, 1.165) is 11.0 Å². The highest BCUT2D eigenvalue weighted by molar-refractivity contribution is 6.50. The Labute approximate surface area is 270 Å². The number of aromatic nitrogens is 8. The van der Waals surface area contributed by atoms with Crippen molar-refractivity contribution in [3.8, 4) is 0 Å². The second kappa shape index (κ2) is 12.2. The van der Waals surface area contributed by atoms with Crippen LogP contribution in [0.15, 0.2) is 86.2 Å². The van der Waals surface area contributed by atoms with E-state index < -0.39 is 30.4 Å². The average Bonchev–Trinajstić information content (AvgIpc) is 3.84. The molecule has 0 aromatic carbocycles. The van der Waals surface area contributed by atoms with Gasteiger partial charge in [0.25, 0.3) is 23.6 Å². The standard InChI is InChI=1S/C17H13N5O2.C16H10FN5O2/c1-2-22-9-11(10-4-3-5-20-15(10)22)13-14(17(24)21-16(13)23)12-8-18-6-7-19-12;17-8-22-7-10(9-2-1-3-20-14(9)22)12-13(16(24)21-15(12)23)11-6-18-4-5-19-11/h3-9H,2H2,1H3,(H,21,23,24);1-7H,8H2,(H,21,23,24). The third-order valence-electron chi connectivity index (χ3n) is 7.78. The van der Waals surface area contributed by atoms with Crippen LogP contribution in [0.25, 0.3) is 44.4 Å². The summed E-state index contributed by atoms with van der Waals surface area (Å²) in [7, 11) is 0. The first-order valence-corrected chi connectivity index (χ1v) is 14.6. The molecule has 0 atom stereocenters. The fraction of sp³-hybridized carbons (Fsp3) is 0.0909. The summed E-state index contributed by atoms with van der Waals surface area (Å²) < 4.78 is 16.5. The number of nitrogens with zero attached hydrogens (tertiary/aromatic N) is 8. The van der Waals surface area contributed by atoms with E-state index in [0.29, 0.717) is 40.0 Å². The molecule has 0 spiro atoms. The van der Waals surface area contributed by atoms with Gasteiger partial charge >= 0.3 is 0 Å². The maximum Gasteiger partial charge on any atom is 0.261 e. The molecule has 48 heavy (non-hydrogen) atoms. The number of amides is 4. The Morgan fingerprint density at radius 2 is 1.06 bits per heavy atom. The van der Waals surface area contributed by atoms with Crippen LogP contribution in [0, 0.1) is 0 Å². The summed E-state index contributed by atoms with van der Waals surface area (Å²) >= 11 is 0. The number of carbonyl (C=O) groups excluding carboxylic acids is 4. The Morgan fingerprint density at radius 1 is 0.604 bits per heavy atom. The maximum atomic E-state index is 13.3. The van der Waals surface area contributed by atoms with Gasteiger partial charge in [-0.2, -0.15) is 0 Å². The van der Waals surface area contributed by atoms with Gasteiger partial charge in [-0.05, 0) is 31.2 Å². The molecule has 0 bridgehead atoms. The molecular formula is C33H23FN10O4. The highest BCUT2D eigenvalue weighted by Crippen LogP contribution is 2.36. The van der Waals surface area contributed by atoms with Gasteiger partial charge in [-0.25, -0.2) is 14.4 Å². The van der Waals surface area contributed by atoms with Crippen molar-refractivity contribution in [3.05, 3.63) is 109 Å². The SMILES string of the molecule is CCn1cc(C2=C(c3cnccn3)C(=O)NC2=O)c2cccnc21.O=C1NC(=O)C(c2cn(CF)c3ncccc23)=C1c1cnccn1. The van der Waals surface area contributed by atoms with Crippen molar-refractivity contribution in [1.29, 1.82) is 0 Å². The van der Waals surface area contributed by atoms with Crippen molar-refractivity contribution in [3.63, 3.8) is 0 Å². The zero-order valence-corrected chi connectivity index (χ0v) is 25.1. The molecule has 0 radical (unpaired) electrons. The minimum atomic E-state index is -0.795. The number of alkyl halides is 1. The lowest BCUT2D eigenvalue weighted by molar-refractivity contribution is -0.124. The van der Waals surface area contributed by atoms with Gasteiger partial charge in [0.05, 0.1) is 46.1 Å². The van der Waals surface area contributed by atoms with Crippen LogP contribution in [0.2, 0.25) is 0 Å². The van der Waals surface area contributed by atoms with Crippen molar-refractivity contribution >= 4 is 68.0 Å². The van der Waals surface area contributed by atoms with Crippen LogP contribution in [0.4, 0.5) is 4.39 Å². The lowest BCUT2D eigenvalue weighted by Gasteiger charge is -2.02. The molecular weight excluding hydrogens is 619 g/mol. The summed E-state index contributed by atoms with van der Waals surface area (Å²) in [6, 6.07) is 7.11. The molecule has 0 fully saturated rings. The number of pyridine rings is 2. The van der Waals surface area contributed by atoms with E-state index in [1.807, 2.05) is 29.8 Å². The van der Waals surface area contributed by atoms with Crippen molar-refractivity contribution in [2.24, 2.45) is 0 Å². The third-order valence-corrected chi connectivity index (χ3v) is 7.78. The molecule has 0 saturated carbocycles. The second-order valence-electron chi connectivity index (χ2n) is 10.5. The lowest BCUT2D eigenvalue weighted by atomic mass is 10.00. The van der Waals surface area contributed by atoms with Gasteiger partial charge in [-0.3, -0.25) is 49.7 Å². The molecule has 15 heteroatoms. The summed E-state index contributed by atoms with van der Waals surface area (Å²) in [5.74, 6) is -2.00. The van der Waals surface area contributed by atoms with Crippen LogP contribution >= 0.6 is 0 Å². The molecule has 8 rings (SSSR count). The number of hydrogen-bond donors (Lipinski definition) is 2. The molecule has 236 valence electrons. The zero-order chi connectivity index (χ0) is 33.4. The van der Waals surface area contributed by atoms with Gasteiger partial charge in [0.1, 0.15) is 11.3 Å². The highest BCUT2D eigenvalue weighted by atomic mass is 19.1. The van der Waals surface area contributed by atoms with E-state index in [1.165, 1.54) is 54.1 Å². The third kappa shape index (κ3) is 4.99. The fourth-order valence-electron chi connectivity index (χ4n) is 5.75. The molecule has 0 saturated heterocycles. The molecule has 2 aliphatic heterocycles. The van der Waals surface area contributed by atoms with Crippen LogP contribution in [0.5, 0.6) is 0 Å². The number of hydrogen-bond acceptors (Lipinski definition) is 10. The lowest BCUT2D eigenvalue weighted by Crippen LogP contribution is -2.22. The van der Waals surface area contributed by atoms with E-state index in [1.54, 1.807) is 18.3 Å². The van der Waals surface area contributed by atoms with E-state index in [4.69, 9.17) is 0 Å². The van der Waals surface area contributed by atoms with E-state index in [2.05, 4.69) is 40.5 Å². The van der Waals surface area contributed by atoms with Gasteiger partial charge in [0.15, 0.2) is 6.80 Å². The van der Waals surface area contributed by atoms with Crippen molar-refractivity contribution in [2.75, 3.05) is 0 Å². The van der Waals surface area contributed by atoms with Crippen molar-refractivity contribution in [2.45, 2.75) is 20.3 Å². The van der Waals surface area contributed by atoms with Crippen molar-refractivity contribution < 1.29 is 23.6 Å². The smallest absolute Gasteiger partial charge is 0.261 e. The molecule has 0 aliphatic carbocycles. The highest BCUT2D eigenvalue weighted by Gasteiger charge is 2.36. The first-order chi connectivity index (χ1) is 23.4. The number of imide groups is 2. The number of carbonyl (C=O) groups is 4. The molecule has 2 aliphatic rings. The van der Waals surface area contributed by atoms with E-state index in [-0.39, 0.29) is 22.4 Å². The summed E-state index contributed by atoms with van der Waals surface area (Å²) in [6.45, 7) is 1.91. The Bertz CT molecular complexity index is 2180. The predicted octanol–water partition coefficient (Wildman–Crippen LogP) is 2.73. The summed E-state index contributed by atoms with van der Waals surface area (Å²) in [6.07, 6.45) is 15.4. The molecule has 6 aromatic heterocycles. The van der Waals surface area contributed by atoms with Gasteiger partial charge in [-0.1, -0.05) is 0 Å². The van der Waals surface area contributed by atoms with Gasteiger partial charge < -0.3 is 9.13 Å². The van der Waals surface area contributed by atoms with Gasteiger partial charge in [-0.15, -0.1) is 0 Å². The van der Waals surface area contributed by atoms with Crippen LogP contribution in [-0.2, 0) is 32.5 Å². The minimum Gasteiger partial charge on any atom is -0.332 e. The molecule has 2 N–H and O–H groups in total. The van der Waals surface area contributed by atoms with Crippen LogP contribution in [-0.4, -0.2) is 62.7 Å². The van der Waals surface area contributed by atoms with Gasteiger partial charge in [0.2, 0.25) is 0 Å². The molecule has 6 aromatic rings. The summed E-state index contributed by atoms with van der Waals surface area (Å²) in [5.41, 5.74) is 3.74. The average molecular weight is 643 g/mol. The van der Waals surface area contributed by atoms with Gasteiger partial charge in [0, 0.05) is 78.0 Å². The van der Waals surface area contributed by atoms with Crippen LogP contribution < -0.4 is 10.6 Å².